The van der Waals surface area contributed by atoms with E-state index >= 15 is 0 Å². The number of anilines is 1. The second kappa shape index (κ2) is 5.40. The maximum Gasteiger partial charge on any atom is 0.422 e. The molecule has 0 heterocycles. The summed E-state index contributed by atoms with van der Waals surface area (Å²) in [4.78, 5) is 11.1. The van der Waals surface area contributed by atoms with Gasteiger partial charge in [-0.05, 0) is 18.6 Å². The molecule has 0 fully saturated rings. The van der Waals surface area contributed by atoms with Gasteiger partial charge in [0.05, 0.1) is 11.3 Å². The van der Waals surface area contributed by atoms with Crippen molar-refractivity contribution in [3.05, 3.63) is 29.3 Å². The molecule has 0 unspecified atom stereocenters. The summed E-state index contributed by atoms with van der Waals surface area (Å²) in [6, 6.07) is 6.46. The van der Waals surface area contributed by atoms with E-state index < -0.39 is 18.9 Å². The van der Waals surface area contributed by atoms with Crippen LogP contribution in [0.3, 0.4) is 0 Å². The fraction of sp³-hybridized carbons (Fsp3) is 0.273. The summed E-state index contributed by atoms with van der Waals surface area (Å²) in [5.74, 6) is 0. The van der Waals surface area contributed by atoms with Gasteiger partial charge in [-0.3, -0.25) is 5.32 Å². The van der Waals surface area contributed by atoms with Crippen LogP contribution in [0.4, 0.5) is 23.7 Å². The van der Waals surface area contributed by atoms with E-state index in [0.29, 0.717) is 5.56 Å². The molecule has 0 aliphatic rings. The molecule has 7 heteroatoms. The zero-order chi connectivity index (χ0) is 13.8. The van der Waals surface area contributed by atoms with Gasteiger partial charge in [0.15, 0.2) is 6.61 Å². The number of carbonyl (C=O) groups excluding carboxylic acids is 1. The minimum absolute atomic E-state index is 0.115. The Hall–Kier alpha value is -2.23. The molecule has 0 saturated heterocycles. The minimum atomic E-state index is -4.58. The molecule has 0 aliphatic heterocycles. The van der Waals surface area contributed by atoms with E-state index in [1.54, 1.807) is 19.1 Å². The molecule has 0 bridgehead atoms. The van der Waals surface area contributed by atoms with E-state index in [9.17, 15) is 18.0 Å². The average molecular weight is 258 g/mol. The predicted molar refractivity (Wildman–Crippen MR) is 56.9 cm³/mol. The SMILES string of the molecule is Cc1cccc(NC(=O)OCC(F)(F)F)c1C#N. The first-order valence-electron chi connectivity index (χ1n) is 4.84. The van der Waals surface area contributed by atoms with Crippen LogP contribution in [0, 0.1) is 18.3 Å². The molecule has 1 aromatic rings. The molecule has 1 aromatic carbocycles. The first-order valence-corrected chi connectivity index (χ1v) is 4.84. The number of hydrogen-bond acceptors (Lipinski definition) is 3. The van der Waals surface area contributed by atoms with Gasteiger partial charge in [-0.2, -0.15) is 18.4 Å². The predicted octanol–water partition coefficient (Wildman–Crippen LogP) is 2.98. The number of aryl methyl sites for hydroxylation is 1. The highest BCUT2D eigenvalue weighted by molar-refractivity contribution is 5.86. The molecule has 0 aromatic heterocycles. The standard InChI is InChI=1S/C11H9F3N2O2/c1-7-3-2-4-9(8(7)5-15)16-10(17)18-6-11(12,13)14/h2-4H,6H2,1H3,(H,16,17). The van der Waals surface area contributed by atoms with E-state index in [1.807, 2.05) is 6.07 Å². The monoisotopic (exact) mass is 258 g/mol. The van der Waals surface area contributed by atoms with Gasteiger partial charge in [0.2, 0.25) is 0 Å². The molecule has 18 heavy (non-hydrogen) atoms. The van der Waals surface area contributed by atoms with E-state index in [0.717, 1.165) is 0 Å². The molecule has 1 rings (SSSR count). The molecule has 0 atom stereocenters. The topological polar surface area (TPSA) is 62.1 Å². The number of nitrogens with one attached hydrogen (secondary N) is 1. The number of benzene rings is 1. The van der Waals surface area contributed by atoms with Crippen LogP contribution in [0.5, 0.6) is 0 Å². The first kappa shape index (κ1) is 13.8. The van der Waals surface area contributed by atoms with Gasteiger partial charge in [0.25, 0.3) is 0 Å². The van der Waals surface area contributed by atoms with Gasteiger partial charge < -0.3 is 4.74 Å². The number of hydrogen-bond donors (Lipinski definition) is 1. The van der Waals surface area contributed by atoms with Crippen molar-refractivity contribution in [3.8, 4) is 6.07 Å². The summed E-state index contributed by atoms with van der Waals surface area (Å²) >= 11 is 0. The van der Waals surface area contributed by atoms with E-state index in [4.69, 9.17) is 5.26 Å². The third-order valence-electron chi connectivity index (χ3n) is 1.99. The van der Waals surface area contributed by atoms with Crippen LogP contribution in [-0.4, -0.2) is 18.9 Å². The molecule has 4 nitrogen and oxygen atoms in total. The third kappa shape index (κ3) is 3.97. The molecule has 0 radical (unpaired) electrons. The maximum absolute atomic E-state index is 11.8. The number of ether oxygens (including phenoxy) is 1. The van der Waals surface area contributed by atoms with Gasteiger partial charge in [-0.15, -0.1) is 0 Å². The van der Waals surface area contributed by atoms with Crippen LogP contribution in [0.2, 0.25) is 0 Å². The van der Waals surface area contributed by atoms with Crippen molar-refractivity contribution in [2.75, 3.05) is 11.9 Å². The average Bonchev–Trinajstić information content (AvgIpc) is 2.26. The maximum atomic E-state index is 11.8. The van der Waals surface area contributed by atoms with Gasteiger partial charge in [0, 0.05) is 0 Å². The van der Waals surface area contributed by atoms with Crippen molar-refractivity contribution >= 4 is 11.8 Å². The number of carbonyl (C=O) groups is 1. The highest BCUT2D eigenvalue weighted by Crippen LogP contribution is 2.19. The molecule has 1 amide bonds. The number of nitrogens with zero attached hydrogens (tertiary/aromatic N) is 1. The Morgan fingerprint density at radius 3 is 2.72 bits per heavy atom. The van der Waals surface area contributed by atoms with Crippen molar-refractivity contribution in [1.29, 1.82) is 5.26 Å². The third-order valence-corrected chi connectivity index (χ3v) is 1.99. The van der Waals surface area contributed by atoms with Gasteiger partial charge in [-0.25, -0.2) is 4.79 Å². The minimum Gasteiger partial charge on any atom is -0.440 e. The number of nitriles is 1. The number of halogens is 3. The molecular formula is C11H9F3N2O2. The van der Waals surface area contributed by atoms with Crippen molar-refractivity contribution in [3.63, 3.8) is 0 Å². The fourth-order valence-electron chi connectivity index (χ4n) is 1.21. The highest BCUT2D eigenvalue weighted by atomic mass is 19.4. The summed E-state index contributed by atoms with van der Waals surface area (Å²) in [7, 11) is 0. The van der Waals surface area contributed by atoms with Crippen molar-refractivity contribution < 1.29 is 22.7 Å². The largest absolute Gasteiger partial charge is 0.440 e. The summed E-state index contributed by atoms with van der Waals surface area (Å²) in [6.07, 6.45) is -5.84. The number of rotatable bonds is 2. The Bertz CT molecular complexity index is 492. The van der Waals surface area contributed by atoms with Crippen molar-refractivity contribution in [2.24, 2.45) is 0 Å². The summed E-state index contributed by atoms with van der Waals surface area (Å²) in [6.45, 7) is -0.0304. The summed E-state index contributed by atoms with van der Waals surface area (Å²) in [5, 5.41) is 10.9. The summed E-state index contributed by atoms with van der Waals surface area (Å²) < 4.78 is 39.4. The van der Waals surface area contributed by atoms with Crippen LogP contribution >= 0.6 is 0 Å². The second-order valence-electron chi connectivity index (χ2n) is 3.43. The zero-order valence-corrected chi connectivity index (χ0v) is 9.34. The van der Waals surface area contributed by atoms with Crippen LogP contribution in [0.15, 0.2) is 18.2 Å². The van der Waals surface area contributed by atoms with Crippen LogP contribution in [0.1, 0.15) is 11.1 Å². The van der Waals surface area contributed by atoms with Crippen LogP contribution < -0.4 is 5.32 Å². The Kier molecular flexibility index (Phi) is 4.15. The van der Waals surface area contributed by atoms with Crippen LogP contribution in [0.25, 0.3) is 0 Å². The van der Waals surface area contributed by atoms with E-state index in [-0.39, 0.29) is 11.3 Å². The fourth-order valence-corrected chi connectivity index (χ4v) is 1.21. The van der Waals surface area contributed by atoms with Gasteiger partial charge in [0.1, 0.15) is 6.07 Å². The lowest BCUT2D eigenvalue weighted by Gasteiger charge is -2.10. The zero-order valence-electron chi connectivity index (χ0n) is 9.34. The molecular weight excluding hydrogens is 249 g/mol. The van der Waals surface area contributed by atoms with Gasteiger partial charge in [-0.1, -0.05) is 12.1 Å². The van der Waals surface area contributed by atoms with Crippen molar-refractivity contribution in [2.45, 2.75) is 13.1 Å². The lowest BCUT2D eigenvalue weighted by atomic mass is 10.1. The lowest BCUT2D eigenvalue weighted by molar-refractivity contribution is -0.159. The first-order chi connectivity index (χ1) is 8.33. The molecule has 1 N–H and O–H groups in total. The molecule has 0 aliphatic carbocycles. The highest BCUT2D eigenvalue weighted by Gasteiger charge is 2.29. The number of amides is 1. The smallest absolute Gasteiger partial charge is 0.422 e. The Labute approximate surface area is 101 Å². The quantitative estimate of drug-likeness (QED) is 0.886. The number of alkyl halides is 3. The summed E-state index contributed by atoms with van der Waals surface area (Å²) in [5.41, 5.74) is 0.900. The van der Waals surface area contributed by atoms with E-state index in [2.05, 4.69) is 10.1 Å². The molecule has 96 valence electrons. The Morgan fingerprint density at radius 1 is 1.50 bits per heavy atom. The lowest BCUT2D eigenvalue weighted by Crippen LogP contribution is -2.23. The second-order valence-corrected chi connectivity index (χ2v) is 3.43. The molecule has 0 saturated carbocycles. The van der Waals surface area contributed by atoms with Crippen molar-refractivity contribution in [1.82, 2.24) is 0 Å². The Balaban J connectivity index is 2.72. The van der Waals surface area contributed by atoms with Gasteiger partial charge >= 0.3 is 12.3 Å². The Morgan fingerprint density at radius 2 is 2.17 bits per heavy atom. The van der Waals surface area contributed by atoms with Crippen LogP contribution in [-0.2, 0) is 4.74 Å². The normalized spacial score (nSPS) is 10.6. The van der Waals surface area contributed by atoms with E-state index in [1.165, 1.54) is 6.07 Å². The molecule has 0 spiro atoms.